The molecule has 2 atom stereocenters. The van der Waals surface area contributed by atoms with Crippen LogP contribution in [0.25, 0.3) is 0 Å². The molecular formula is C13H18N2O2. The van der Waals surface area contributed by atoms with Crippen LogP contribution in [-0.4, -0.2) is 23.2 Å². The molecular weight excluding hydrogens is 216 g/mol. The first-order valence-corrected chi connectivity index (χ1v) is 6.15. The van der Waals surface area contributed by atoms with Crippen molar-refractivity contribution in [2.75, 3.05) is 0 Å². The van der Waals surface area contributed by atoms with E-state index in [9.17, 15) is 9.59 Å². The predicted molar refractivity (Wildman–Crippen MR) is 65.1 cm³/mol. The van der Waals surface area contributed by atoms with E-state index in [1.54, 1.807) is 12.3 Å². The number of amides is 1. The van der Waals surface area contributed by atoms with Gasteiger partial charge in [-0.15, -0.1) is 0 Å². The summed E-state index contributed by atoms with van der Waals surface area (Å²) in [6.07, 6.45) is 6.94. The van der Waals surface area contributed by atoms with E-state index in [1.807, 2.05) is 0 Å². The normalized spacial score (nSPS) is 24.3. The number of aromatic amines is 1. The summed E-state index contributed by atoms with van der Waals surface area (Å²) in [6, 6.07) is 1.84. The number of hydrogen-bond donors (Lipinski definition) is 2. The molecule has 4 heteroatoms. The second kappa shape index (κ2) is 5.17. The first-order valence-electron chi connectivity index (χ1n) is 6.15. The average molecular weight is 234 g/mol. The fourth-order valence-electron chi connectivity index (χ4n) is 2.39. The molecule has 1 aromatic heterocycles. The van der Waals surface area contributed by atoms with Gasteiger partial charge in [0, 0.05) is 17.8 Å². The van der Waals surface area contributed by atoms with E-state index in [2.05, 4.69) is 17.2 Å². The minimum absolute atomic E-state index is 0.114. The highest BCUT2D eigenvalue weighted by Gasteiger charge is 2.23. The van der Waals surface area contributed by atoms with Crippen molar-refractivity contribution in [2.45, 2.75) is 38.6 Å². The maximum Gasteiger partial charge on any atom is 0.267 e. The van der Waals surface area contributed by atoms with Crippen molar-refractivity contribution in [1.29, 1.82) is 0 Å². The van der Waals surface area contributed by atoms with Crippen molar-refractivity contribution in [3.8, 4) is 0 Å². The third-order valence-electron chi connectivity index (χ3n) is 3.51. The average Bonchev–Trinajstić information content (AvgIpc) is 2.81. The lowest BCUT2D eigenvalue weighted by Crippen LogP contribution is -2.41. The Morgan fingerprint density at radius 2 is 2.24 bits per heavy atom. The van der Waals surface area contributed by atoms with Crippen molar-refractivity contribution in [3.05, 3.63) is 23.5 Å². The van der Waals surface area contributed by atoms with E-state index in [1.165, 1.54) is 19.3 Å². The Morgan fingerprint density at radius 3 is 2.88 bits per heavy atom. The van der Waals surface area contributed by atoms with E-state index in [0.29, 0.717) is 17.2 Å². The molecule has 17 heavy (non-hydrogen) atoms. The Hall–Kier alpha value is -1.58. The molecule has 1 aliphatic rings. The molecule has 4 nitrogen and oxygen atoms in total. The SMILES string of the molecule is CC1CCCCC1NC(=O)c1cc(C=O)c[nH]1. The van der Waals surface area contributed by atoms with Crippen molar-refractivity contribution in [3.63, 3.8) is 0 Å². The van der Waals surface area contributed by atoms with Crippen molar-refractivity contribution < 1.29 is 9.59 Å². The summed E-state index contributed by atoms with van der Waals surface area (Å²) >= 11 is 0. The van der Waals surface area contributed by atoms with Crippen LogP contribution in [-0.2, 0) is 0 Å². The van der Waals surface area contributed by atoms with Crippen LogP contribution < -0.4 is 5.32 Å². The smallest absolute Gasteiger partial charge is 0.267 e. The molecule has 92 valence electrons. The van der Waals surface area contributed by atoms with E-state index in [0.717, 1.165) is 12.7 Å². The number of hydrogen-bond acceptors (Lipinski definition) is 2. The zero-order valence-corrected chi connectivity index (χ0v) is 10.0. The molecule has 1 aliphatic carbocycles. The van der Waals surface area contributed by atoms with Gasteiger partial charge in [0.05, 0.1) is 0 Å². The Balaban J connectivity index is 1.98. The lowest BCUT2D eigenvalue weighted by molar-refractivity contribution is 0.0905. The van der Waals surface area contributed by atoms with Crippen LogP contribution in [0.1, 0.15) is 53.5 Å². The monoisotopic (exact) mass is 234 g/mol. The Kier molecular flexibility index (Phi) is 3.61. The molecule has 2 unspecified atom stereocenters. The predicted octanol–water partition coefficient (Wildman–Crippen LogP) is 2.14. The molecule has 1 heterocycles. The highest BCUT2D eigenvalue weighted by molar-refractivity contribution is 5.94. The summed E-state index contributed by atoms with van der Waals surface area (Å²) in [5.41, 5.74) is 0.969. The number of nitrogens with one attached hydrogen (secondary N) is 2. The molecule has 1 amide bonds. The molecule has 1 fully saturated rings. The third-order valence-corrected chi connectivity index (χ3v) is 3.51. The lowest BCUT2D eigenvalue weighted by Gasteiger charge is -2.29. The molecule has 0 aliphatic heterocycles. The summed E-state index contributed by atoms with van der Waals surface area (Å²) in [6.45, 7) is 2.18. The Bertz CT molecular complexity index is 411. The van der Waals surface area contributed by atoms with Gasteiger partial charge in [-0.2, -0.15) is 0 Å². The van der Waals surface area contributed by atoms with Crippen LogP contribution in [0.3, 0.4) is 0 Å². The molecule has 2 N–H and O–H groups in total. The van der Waals surface area contributed by atoms with Gasteiger partial charge in [-0.3, -0.25) is 9.59 Å². The van der Waals surface area contributed by atoms with Crippen LogP contribution in [0, 0.1) is 5.92 Å². The number of aldehydes is 1. The van der Waals surface area contributed by atoms with Crippen molar-refractivity contribution >= 4 is 12.2 Å². The van der Waals surface area contributed by atoms with Crippen molar-refractivity contribution in [2.24, 2.45) is 5.92 Å². The van der Waals surface area contributed by atoms with E-state index in [4.69, 9.17) is 0 Å². The third kappa shape index (κ3) is 2.75. The van der Waals surface area contributed by atoms with Crippen molar-refractivity contribution in [1.82, 2.24) is 10.3 Å². The van der Waals surface area contributed by atoms with Crippen LogP contribution in [0.15, 0.2) is 12.3 Å². The topological polar surface area (TPSA) is 62.0 Å². The van der Waals surface area contributed by atoms with Gasteiger partial charge in [-0.1, -0.05) is 19.8 Å². The van der Waals surface area contributed by atoms with E-state index < -0.39 is 0 Å². The maximum atomic E-state index is 11.9. The minimum atomic E-state index is -0.114. The molecule has 2 rings (SSSR count). The quantitative estimate of drug-likeness (QED) is 0.787. The zero-order chi connectivity index (χ0) is 12.3. The van der Waals surface area contributed by atoms with Gasteiger partial charge in [0.1, 0.15) is 5.69 Å². The van der Waals surface area contributed by atoms with Crippen LogP contribution in [0.4, 0.5) is 0 Å². The second-order valence-electron chi connectivity index (χ2n) is 4.81. The first-order chi connectivity index (χ1) is 8.20. The number of carbonyl (C=O) groups excluding carboxylic acids is 2. The highest BCUT2D eigenvalue weighted by Crippen LogP contribution is 2.23. The summed E-state index contributed by atoms with van der Waals surface area (Å²) in [5, 5.41) is 3.04. The molecule has 0 aromatic carbocycles. The Morgan fingerprint density at radius 1 is 1.47 bits per heavy atom. The largest absolute Gasteiger partial charge is 0.357 e. The van der Waals surface area contributed by atoms with Gasteiger partial charge in [-0.25, -0.2) is 0 Å². The van der Waals surface area contributed by atoms with Gasteiger partial charge in [0.25, 0.3) is 5.91 Å². The second-order valence-corrected chi connectivity index (χ2v) is 4.81. The zero-order valence-electron chi connectivity index (χ0n) is 10.0. The summed E-state index contributed by atoms with van der Waals surface area (Å²) in [5.74, 6) is 0.421. The van der Waals surface area contributed by atoms with Crippen LogP contribution >= 0.6 is 0 Å². The van der Waals surface area contributed by atoms with Crippen LogP contribution in [0.5, 0.6) is 0 Å². The number of H-pyrrole nitrogens is 1. The van der Waals surface area contributed by atoms with E-state index in [-0.39, 0.29) is 11.9 Å². The minimum Gasteiger partial charge on any atom is -0.357 e. The summed E-state index contributed by atoms with van der Waals surface area (Å²) in [7, 11) is 0. The van der Waals surface area contributed by atoms with Gasteiger partial charge in [0.2, 0.25) is 0 Å². The molecule has 0 spiro atoms. The lowest BCUT2D eigenvalue weighted by atomic mass is 9.86. The maximum absolute atomic E-state index is 11.9. The van der Waals surface area contributed by atoms with E-state index >= 15 is 0 Å². The standard InChI is InChI=1S/C13H18N2O2/c1-9-4-2-3-5-11(9)15-13(17)12-6-10(8-16)7-14-12/h6-9,11,14H,2-5H2,1H3,(H,15,17). The summed E-state index contributed by atoms with van der Waals surface area (Å²) < 4.78 is 0. The molecule has 0 bridgehead atoms. The number of aromatic nitrogens is 1. The van der Waals surface area contributed by atoms with Gasteiger partial charge < -0.3 is 10.3 Å². The fraction of sp³-hybridized carbons (Fsp3) is 0.538. The van der Waals surface area contributed by atoms with Gasteiger partial charge >= 0.3 is 0 Å². The van der Waals surface area contributed by atoms with Crippen LogP contribution in [0.2, 0.25) is 0 Å². The first kappa shape index (κ1) is 11.9. The highest BCUT2D eigenvalue weighted by atomic mass is 16.2. The molecule has 0 radical (unpaired) electrons. The molecule has 1 saturated carbocycles. The van der Waals surface area contributed by atoms with Gasteiger partial charge in [0.15, 0.2) is 6.29 Å². The number of carbonyl (C=O) groups is 2. The number of rotatable bonds is 3. The fourth-order valence-corrected chi connectivity index (χ4v) is 2.39. The van der Waals surface area contributed by atoms with Gasteiger partial charge in [-0.05, 0) is 24.8 Å². The Labute approximate surface area is 101 Å². The summed E-state index contributed by atoms with van der Waals surface area (Å²) in [4.78, 5) is 25.3. The molecule has 0 saturated heterocycles. The molecule has 1 aromatic rings.